The maximum Gasteiger partial charge on any atom is 0.314 e. The van der Waals surface area contributed by atoms with Crippen LogP contribution in [-0.4, -0.2) is 11.0 Å². The van der Waals surface area contributed by atoms with Gasteiger partial charge in [-0.05, 0) is 80.8 Å². The molecule has 3 rings (SSSR count). The minimum Gasteiger partial charge on any atom is -0.426 e. The van der Waals surface area contributed by atoms with Crippen molar-refractivity contribution in [2.75, 3.05) is 0 Å². The Labute approximate surface area is 224 Å². The zero-order valence-corrected chi connectivity index (χ0v) is 23.1. The first-order chi connectivity index (χ1) is 18.1. The number of rotatable bonds is 15. The minimum atomic E-state index is -0.249. The second-order valence-electron chi connectivity index (χ2n) is 11.0. The van der Waals surface area contributed by atoms with Gasteiger partial charge >= 0.3 is 5.97 Å². The molecule has 37 heavy (non-hydrogen) atoms. The van der Waals surface area contributed by atoms with Gasteiger partial charge in [0.05, 0.1) is 23.1 Å². The molecule has 4 nitrogen and oxygen atoms in total. The lowest BCUT2D eigenvalue weighted by Gasteiger charge is -2.34. The number of nitriles is 1. The maximum absolute atomic E-state index is 12.8. The van der Waals surface area contributed by atoms with Crippen LogP contribution in [0.25, 0.3) is 11.3 Å². The van der Waals surface area contributed by atoms with E-state index in [0.717, 1.165) is 56.2 Å². The summed E-state index contributed by atoms with van der Waals surface area (Å²) in [5, 5.41) is 9.86. The molecule has 0 radical (unpaired) electrons. The number of carbonyl (C=O) groups is 1. The molecule has 200 valence electrons. The zero-order chi connectivity index (χ0) is 26.3. The van der Waals surface area contributed by atoms with Crippen molar-refractivity contribution in [1.82, 2.24) is 4.98 Å². The Balaban J connectivity index is 1.44. The van der Waals surface area contributed by atoms with Crippen LogP contribution in [0.2, 0.25) is 0 Å². The standard InChI is InChI=1S/C33H46N2O2/c1-3-5-7-9-10-12-22-33(26-34)23-20-29(21-24-33)32(36)37-30-17-15-28(16-18-30)31-19-14-27(25-35-31)13-11-8-6-4-2/h14-19,25,29H,3-13,20-24H2,1-2H3/t29-,33-. The molecular weight excluding hydrogens is 456 g/mol. The lowest BCUT2D eigenvalue weighted by Crippen LogP contribution is -2.31. The van der Waals surface area contributed by atoms with Crippen LogP contribution in [0.1, 0.15) is 116 Å². The van der Waals surface area contributed by atoms with Crippen LogP contribution in [0, 0.1) is 22.7 Å². The van der Waals surface area contributed by atoms with E-state index in [-0.39, 0.29) is 17.3 Å². The first-order valence-corrected chi connectivity index (χ1v) is 14.8. The highest BCUT2D eigenvalue weighted by molar-refractivity contribution is 5.75. The van der Waals surface area contributed by atoms with Crippen LogP contribution in [0.5, 0.6) is 5.75 Å². The number of pyridine rings is 1. The Morgan fingerprint density at radius 2 is 1.57 bits per heavy atom. The number of hydrogen-bond acceptors (Lipinski definition) is 4. The van der Waals surface area contributed by atoms with Crippen LogP contribution in [0.15, 0.2) is 42.6 Å². The molecule has 0 unspecified atom stereocenters. The van der Waals surface area contributed by atoms with Crippen molar-refractivity contribution >= 4 is 5.97 Å². The highest BCUT2D eigenvalue weighted by Gasteiger charge is 2.37. The molecule has 0 aliphatic heterocycles. The molecule has 0 saturated heterocycles. The molecule has 1 heterocycles. The van der Waals surface area contributed by atoms with Gasteiger partial charge in [0.15, 0.2) is 0 Å². The van der Waals surface area contributed by atoms with E-state index in [1.165, 1.54) is 63.4 Å². The average Bonchev–Trinajstić information content (AvgIpc) is 2.94. The summed E-state index contributed by atoms with van der Waals surface area (Å²) >= 11 is 0. The Hall–Kier alpha value is -2.67. The smallest absolute Gasteiger partial charge is 0.314 e. The largest absolute Gasteiger partial charge is 0.426 e. The number of esters is 1. The summed E-state index contributed by atoms with van der Waals surface area (Å²) in [5.74, 6) is 0.298. The van der Waals surface area contributed by atoms with Gasteiger partial charge in [0.1, 0.15) is 5.75 Å². The molecular formula is C33H46N2O2. The fourth-order valence-electron chi connectivity index (χ4n) is 5.46. The van der Waals surface area contributed by atoms with E-state index in [9.17, 15) is 10.1 Å². The second kappa shape index (κ2) is 15.6. The van der Waals surface area contributed by atoms with E-state index in [4.69, 9.17) is 4.74 Å². The topological polar surface area (TPSA) is 63.0 Å². The van der Waals surface area contributed by atoms with Crippen molar-refractivity contribution in [1.29, 1.82) is 5.26 Å². The minimum absolute atomic E-state index is 0.114. The molecule has 0 spiro atoms. The number of carbonyl (C=O) groups excluding carboxylic acids is 1. The monoisotopic (exact) mass is 502 g/mol. The van der Waals surface area contributed by atoms with Crippen LogP contribution in [-0.2, 0) is 11.2 Å². The number of ether oxygens (including phenoxy) is 1. The summed E-state index contributed by atoms with van der Waals surface area (Å²) in [4.78, 5) is 17.5. The lowest BCUT2D eigenvalue weighted by atomic mass is 9.69. The fraction of sp³-hybridized carbons (Fsp3) is 0.606. The SMILES string of the molecule is CCCCCCCC[C@]1(C#N)CC[C@H](C(=O)Oc2ccc(-c3ccc(CCCCCC)cn3)cc2)CC1. The summed E-state index contributed by atoms with van der Waals surface area (Å²) in [6.45, 7) is 4.46. The fourth-order valence-corrected chi connectivity index (χ4v) is 5.46. The normalized spacial score (nSPS) is 19.3. The number of unbranched alkanes of at least 4 members (excludes halogenated alkanes) is 8. The molecule has 4 heteroatoms. The Bertz CT molecular complexity index is 967. The van der Waals surface area contributed by atoms with Gasteiger partial charge in [-0.1, -0.05) is 77.7 Å². The molecule has 2 aromatic rings. The molecule has 0 amide bonds. The van der Waals surface area contributed by atoms with Gasteiger partial charge in [0, 0.05) is 11.8 Å². The summed E-state index contributed by atoms with van der Waals surface area (Å²) in [6.07, 6.45) is 19.6. The number of benzene rings is 1. The third kappa shape index (κ3) is 9.29. The summed E-state index contributed by atoms with van der Waals surface area (Å²) in [6, 6.07) is 14.5. The highest BCUT2D eigenvalue weighted by atomic mass is 16.5. The van der Waals surface area contributed by atoms with Crippen LogP contribution in [0.4, 0.5) is 0 Å². The van der Waals surface area contributed by atoms with Gasteiger partial charge in [-0.2, -0.15) is 5.26 Å². The molecule has 1 saturated carbocycles. The second-order valence-corrected chi connectivity index (χ2v) is 11.0. The van der Waals surface area contributed by atoms with Crippen molar-refractivity contribution in [2.24, 2.45) is 11.3 Å². The number of aryl methyl sites for hydroxylation is 1. The Kier molecular flexibility index (Phi) is 12.1. The molecule has 1 aliphatic carbocycles. The average molecular weight is 503 g/mol. The predicted octanol–water partition coefficient (Wildman–Crippen LogP) is 9.23. The summed E-state index contributed by atoms with van der Waals surface area (Å²) in [7, 11) is 0. The molecule has 1 aromatic heterocycles. The van der Waals surface area contributed by atoms with Gasteiger partial charge in [-0.15, -0.1) is 0 Å². The van der Waals surface area contributed by atoms with Gasteiger partial charge < -0.3 is 4.74 Å². The third-order valence-corrected chi connectivity index (χ3v) is 8.03. The maximum atomic E-state index is 12.8. The van der Waals surface area contributed by atoms with Gasteiger partial charge in [-0.25, -0.2) is 0 Å². The van der Waals surface area contributed by atoms with E-state index in [2.05, 4.69) is 37.0 Å². The van der Waals surface area contributed by atoms with Gasteiger partial charge in [-0.3, -0.25) is 9.78 Å². The summed E-state index contributed by atoms with van der Waals surface area (Å²) < 4.78 is 5.72. The predicted molar refractivity (Wildman–Crippen MR) is 151 cm³/mol. The molecule has 0 bridgehead atoms. The molecule has 0 N–H and O–H groups in total. The quantitative estimate of drug-likeness (QED) is 0.138. The molecule has 1 aromatic carbocycles. The van der Waals surface area contributed by atoms with E-state index in [1.807, 2.05) is 30.5 Å². The molecule has 1 fully saturated rings. The number of nitrogens with zero attached hydrogens (tertiary/aromatic N) is 2. The van der Waals surface area contributed by atoms with Crippen molar-refractivity contribution in [3.63, 3.8) is 0 Å². The van der Waals surface area contributed by atoms with Crippen molar-refractivity contribution in [3.8, 4) is 23.1 Å². The molecule has 1 aliphatic rings. The first kappa shape index (κ1) is 28.9. The highest BCUT2D eigenvalue weighted by Crippen LogP contribution is 2.43. The van der Waals surface area contributed by atoms with E-state index < -0.39 is 0 Å². The Morgan fingerprint density at radius 1 is 0.919 bits per heavy atom. The number of aromatic nitrogens is 1. The number of hydrogen-bond donors (Lipinski definition) is 0. The van der Waals surface area contributed by atoms with Crippen LogP contribution >= 0.6 is 0 Å². The van der Waals surface area contributed by atoms with E-state index in [0.29, 0.717) is 5.75 Å². The third-order valence-electron chi connectivity index (χ3n) is 8.03. The summed E-state index contributed by atoms with van der Waals surface area (Å²) in [5.41, 5.74) is 2.98. The van der Waals surface area contributed by atoms with Crippen LogP contribution in [0.3, 0.4) is 0 Å². The van der Waals surface area contributed by atoms with Crippen LogP contribution < -0.4 is 4.74 Å². The lowest BCUT2D eigenvalue weighted by molar-refractivity contribution is -0.140. The van der Waals surface area contributed by atoms with Gasteiger partial charge in [0.25, 0.3) is 0 Å². The van der Waals surface area contributed by atoms with E-state index >= 15 is 0 Å². The first-order valence-electron chi connectivity index (χ1n) is 14.8. The van der Waals surface area contributed by atoms with Crippen molar-refractivity contribution < 1.29 is 9.53 Å². The van der Waals surface area contributed by atoms with Gasteiger partial charge in [0.2, 0.25) is 0 Å². The zero-order valence-electron chi connectivity index (χ0n) is 23.1. The van der Waals surface area contributed by atoms with Crippen molar-refractivity contribution in [2.45, 2.75) is 117 Å². The van der Waals surface area contributed by atoms with E-state index in [1.54, 1.807) is 0 Å². The van der Waals surface area contributed by atoms with Crippen molar-refractivity contribution in [3.05, 3.63) is 48.2 Å². The molecule has 0 atom stereocenters. The Morgan fingerprint density at radius 3 is 2.19 bits per heavy atom.